The summed E-state index contributed by atoms with van der Waals surface area (Å²) in [7, 11) is -1.94. The topological polar surface area (TPSA) is 76.2 Å². The molecule has 2 aromatic rings. The van der Waals surface area contributed by atoms with Crippen molar-refractivity contribution in [1.29, 1.82) is 0 Å². The number of ether oxygens (including phenoxy) is 2. The van der Waals surface area contributed by atoms with Crippen LogP contribution in [0, 0.1) is 0 Å². The molecule has 7 nitrogen and oxygen atoms in total. The molecule has 0 saturated carbocycles. The fourth-order valence-corrected chi connectivity index (χ4v) is 4.27. The molecule has 0 aliphatic carbocycles. The van der Waals surface area contributed by atoms with Gasteiger partial charge in [-0.05, 0) is 36.4 Å². The molecule has 1 fully saturated rings. The number of rotatable bonds is 6. The first-order chi connectivity index (χ1) is 13.0. The Kier molecular flexibility index (Phi) is 5.98. The largest absolute Gasteiger partial charge is 0.497 e. The van der Waals surface area contributed by atoms with Crippen molar-refractivity contribution in [3.8, 4) is 11.5 Å². The summed E-state index contributed by atoms with van der Waals surface area (Å²) in [5.74, 6) is 1.13. The Hall–Kier alpha value is -2.58. The summed E-state index contributed by atoms with van der Waals surface area (Å²) in [6, 6.07) is 15.3. The van der Waals surface area contributed by atoms with Crippen LogP contribution in [-0.2, 0) is 14.8 Å². The smallest absolute Gasteiger partial charge is 0.260 e. The monoisotopic (exact) mass is 390 g/mol. The second-order valence-electron chi connectivity index (χ2n) is 6.06. The fourth-order valence-electron chi connectivity index (χ4n) is 2.83. The van der Waals surface area contributed by atoms with Crippen molar-refractivity contribution >= 4 is 15.9 Å². The van der Waals surface area contributed by atoms with Gasteiger partial charge >= 0.3 is 0 Å². The van der Waals surface area contributed by atoms with Gasteiger partial charge in [-0.15, -0.1) is 0 Å². The Morgan fingerprint density at radius 1 is 0.926 bits per heavy atom. The molecule has 0 spiro atoms. The summed E-state index contributed by atoms with van der Waals surface area (Å²) in [5, 5.41) is 0. The second-order valence-corrected chi connectivity index (χ2v) is 8.00. The van der Waals surface area contributed by atoms with Gasteiger partial charge < -0.3 is 14.4 Å². The number of methoxy groups -OCH3 is 1. The number of piperazine rings is 1. The van der Waals surface area contributed by atoms with Gasteiger partial charge in [-0.2, -0.15) is 4.31 Å². The highest BCUT2D eigenvalue weighted by Crippen LogP contribution is 2.19. The summed E-state index contributed by atoms with van der Waals surface area (Å²) in [6.07, 6.45) is 0. The molecule has 0 N–H and O–H groups in total. The number of amides is 1. The van der Waals surface area contributed by atoms with Crippen molar-refractivity contribution in [3.05, 3.63) is 54.6 Å². The summed E-state index contributed by atoms with van der Waals surface area (Å²) >= 11 is 0. The van der Waals surface area contributed by atoms with Crippen LogP contribution in [0.4, 0.5) is 0 Å². The predicted molar refractivity (Wildman–Crippen MR) is 100 cm³/mol. The lowest BCUT2D eigenvalue weighted by molar-refractivity contribution is -0.134. The molecule has 144 valence electrons. The Labute approximate surface area is 159 Å². The van der Waals surface area contributed by atoms with Crippen molar-refractivity contribution in [3.63, 3.8) is 0 Å². The lowest BCUT2D eigenvalue weighted by Gasteiger charge is -2.33. The van der Waals surface area contributed by atoms with Gasteiger partial charge in [0, 0.05) is 26.2 Å². The van der Waals surface area contributed by atoms with Crippen molar-refractivity contribution in [2.75, 3.05) is 39.9 Å². The van der Waals surface area contributed by atoms with Gasteiger partial charge in [-0.1, -0.05) is 18.2 Å². The molecule has 2 aromatic carbocycles. The van der Waals surface area contributed by atoms with Crippen LogP contribution in [0.5, 0.6) is 11.5 Å². The molecule has 0 radical (unpaired) electrons. The number of nitrogens with zero attached hydrogens (tertiary/aromatic N) is 2. The van der Waals surface area contributed by atoms with Gasteiger partial charge in [0.15, 0.2) is 6.61 Å². The van der Waals surface area contributed by atoms with Crippen molar-refractivity contribution < 1.29 is 22.7 Å². The first kappa shape index (κ1) is 19.2. The third-order valence-corrected chi connectivity index (χ3v) is 6.31. The number of sulfonamides is 1. The van der Waals surface area contributed by atoms with Gasteiger partial charge in [0.25, 0.3) is 5.91 Å². The lowest BCUT2D eigenvalue weighted by Crippen LogP contribution is -2.51. The third kappa shape index (κ3) is 4.58. The van der Waals surface area contributed by atoms with E-state index in [-0.39, 0.29) is 30.5 Å². The van der Waals surface area contributed by atoms with Crippen molar-refractivity contribution in [2.45, 2.75) is 4.90 Å². The quantitative estimate of drug-likeness (QED) is 0.749. The maximum Gasteiger partial charge on any atom is 0.260 e. The lowest BCUT2D eigenvalue weighted by atomic mass is 10.3. The molecular weight excluding hydrogens is 368 g/mol. The van der Waals surface area contributed by atoms with E-state index in [1.807, 2.05) is 0 Å². The predicted octanol–water partition coefficient (Wildman–Crippen LogP) is 1.61. The van der Waals surface area contributed by atoms with E-state index in [4.69, 9.17) is 9.47 Å². The Morgan fingerprint density at radius 2 is 1.52 bits per heavy atom. The molecule has 1 aliphatic rings. The van der Waals surface area contributed by atoms with E-state index in [9.17, 15) is 13.2 Å². The minimum atomic E-state index is -3.52. The summed E-state index contributed by atoms with van der Waals surface area (Å²) in [6.45, 7) is 1.14. The number of hydrogen-bond donors (Lipinski definition) is 0. The van der Waals surface area contributed by atoms with Crippen LogP contribution in [0.15, 0.2) is 59.5 Å². The van der Waals surface area contributed by atoms with Crippen molar-refractivity contribution in [1.82, 2.24) is 9.21 Å². The number of hydrogen-bond acceptors (Lipinski definition) is 5. The van der Waals surface area contributed by atoms with E-state index >= 15 is 0 Å². The van der Waals surface area contributed by atoms with Crippen LogP contribution < -0.4 is 9.47 Å². The van der Waals surface area contributed by atoms with Crippen LogP contribution in [0.25, 0.3) is 0 Å². The fraction of sp³-hybridized carbons (Fsp3) is 0.316. The maximum atomic E-state index is 12.6. The summed E-state index contributed by atoms with van der Waals surface area (Å²) < 4.78 is 37.2. The number of carbonyl (C=O) groups excluding carboxylic acids is 1. The van der Waals surface area contributed by atoms with Gasteiger partial charge in [0.05, 0.1) is 12.0 Å². The zero-order valence-electron chi connectivity index (χ0n) is 15.1. The summed E-state index contributed by atoms with van der Waals surface area (Å²) in [4.78, 5) is 14.2. The molecule has 0 unspecified atom stereocenters. The molecular formula is C19H22N2O5S. The average Bonchev–Trinajstić information content (AvgIpc) is 2.73. The molecule has 8 heteroatoms. The normalized spacial score (nSPS) is 15.4. The highest BCUT2D eigenvalue weighted by atomic mass is 32.2. The van der Waals surface area contributed by atoms with Gasteiger partial charge in [-0.3, -0.25) is 4.79 Å². The average molecular weight is 390 g/mol. The third-order valence-electron chi connectivity index (χ3n) is 4.39. The summed E-state index contributed by atoms with van der Waals surface area (Å²) in [5.41, 5.74) is 0. The number of carbonyl (C=O) groups is 1. The molecule has 1 heterocycles. The van der Waals surface area contributed by atoms with E-state index in [2.05, 4.69) is 0 Å². The SMILES string of the molecule is COc1ccc(OCC(=O)N2CCN(S(=O)(=O)c3ccccc3)CC2)cc1. The molecule has 3 rings (SSSR count). The Balaban J connectivity index is 1.51. The van der Waals surface area contributed by atoms with Crippen LogP contribution in [0.2, 0.25) is 0 Å². The minimum absolute atomic E-state index is 0.0856. The second kappa shape index (κ2) is 8.41. The molecule has 1 aliphatic heterocycles. The van der Waals surface area contributed by atoms with Crippen LogP contribution in [-0.4, -0.2) is 63.4 Å². The van der Waals surface area contributed by atoms with Crippen LogP contribution in [0.1, 0.15) is 0 Å². The van der Waals surface area contributed by atoms with Gasteiger partial charge in [0.1, 0.15) is 11.5 Å². The Morgan fingerprint density at radius 3 is 2.11 bits per heavy atom. The zero-order chi connectivity index (χ0) is 19.3. The highest BCUT2D eigenvalue weighted by molar-refractivity contribution is 7.89. The van der Waals surface area contributed by atoms with E-state index in [0.29, 0.717) is 24.6 Å². The van der Waals surface area contributed by atoms with Gasteiger partial charge in [0.2, 0.25) is 10.0 Å². The van der Waals surface area contributed by atoms with E-state index in [0.717, 1.165) is 0 Å². The molecule has 1 amide bonds. The van der Waals surface area contributed by atoms with E-state index in [1.54, 1.807) is 66.6 Å². The Bertz CT molecular complexity index is 861. The minimum Gasteiger partial charge on any atom is -0.497 e. The first-order valence-electron chi connectivity index (χ1n) is 8.60. The standard InChI is InChI=1S/C19H22N2O5S/c1-25-16-7-9-17(10-8-16)26-15-19(22)20-11-13-21(14-12-20)27(23,24)18-5-3-2-4-6-18/h2-10H,11-15H2,1H3. The zero-order valence-corrected chi connectivity index (χ0v) is 15.9. The molecule has 1 saturated heterocycles. The van der Waals surface area contributed by atoms with Crippen molar-refractivity contribution in [2.24, 2.45) is 0 Å². The highest BCUT2D eigenvalue weighted by Gasteiger charge is 2.30. The van der Waals surface area contributed by atoms with E-state index in [1.165, 1.54) is 4.31 Å². The molecule has 0 bridgehead atoms. The molecule has 0 aromatic heterocycles. The maximum absolute atomic E-state index is 12.6. The molecule has 0 atom stereocenters. The van der Waals surface area contributed by atoms with E-state index < -0.39 is 10.0 Å². The number of benzene rings is 2. The van der Waals surface area contributed by atoms with Gasteiger partial charge in [-0.25, -0.2) is 8.42 Å². The van der Waals surface area contributed by atoms with Crippen LogP contribution >= 0.6 is 0 Å². The molecule has 27 heavy (non-hydrogen) atoms. The van der Waals surface area contributed by atoms with Crippen LogP contribution in [0.3, 0.4) is 0 Å². The first-order valence-corrected chi connectivity index (χ1v) is 10.0.